The summed E-state index contributed by atoms with van der Waals surface area (Å²) in [4.78, 5) is 14.4. The van der Waals surface area contributed by atoms with Crippen LogP contribution >= 0.6 is 0 Å². The van der Waals surface area contributed by atoms with Gasteiger partial charge in [0.15, 0.2) is 0 Å². The van der Waals surface area contributed by atoms with E-state index in [9.17, 15) is 9.90 Å². The van der Waals surface area contributed by atoms with E-state index in [1.807, 2.05) is 12.1 Å². The second-order valence-corrected chi connectivity index (χ2v) is 11.9. The fraction of sp³-hybridized carbons (Fsp3) is 0.389. The van der Waals surface area contributed by atoms with E-state index in [0.717, 1.165) is 72.8 Å². The van der Waals surface area contributed by atoms with Gasteiger partial charge >= 0.3 is 5.97 Å². The Labute approximate surface area is 259 Å². The molecule has 0 amide bonds. The Hall–Kier alpha value is -4.14. The number of hydrogen-bond donors (Lipinski definition) is 1. The molecule has 0 unspecified atom stereocenters. The fourth-order valence-corrected chi connectivity index (χ4v) is 6.92. The van der Waals surface area contributed by atoms with E-state index in [0.29, 0.717) is 19.1 Å². The highest BCUT2D eigenvalue weighted by atomic mass is 16.5. The highest BCUT2D eigenvalue weighted by Crippen LogP contribution is 2.40. The summed E-state index contributed by atoms with van der Waals surface area (Å²) in [5, 5.41) is 14.0. The maximum absolute atomic E-state index is 11.8. The van der Waals surface area contributed by atoms with Gasteiger partial charge in [-0.05, 0) is 90.6 Å². The largest absolute Gasteiger partial charge is 0.488 e. The average molecular weight is 596 g/mol. The number of carboxylic acid groups (broad SMARTS) is 1. The molecule has 230 valence electrons. The monoisotopic (exact) mass is 595 g/mol. The molecule has 2 aliphatic heterocycles. The number of rotatable bonds is 9. The van der Waals surface area contributed by atoms with Crippen LogP contribution in [-0.4, -0.2) is 52.1 Å². The van der Waals surface area contributed by atoms with Crippen LogP contribution in [0.2, 0.25) is 0 Å². The molecule has 0 radical (unpaired) electrons. The van der Waals surface area contributed by atoms with Crippen molar-refractivity contribution in [1.82, 2.24) is 14.7 Å². The van der Waals surface area contributed by atoms with Gasteiger partial charge < -0.3 is 19.3 Å². The Kier molecular flexibility index (Phi) is 8.47. The van der Waals surface area contributed by atoms with Crippen LogP contribution in [-0.2, 0) is 30.9 Å². The molecule has 3 heterocycles. The van der Waals surface area contributed by atoms with Crippen molar-refractivity contribution < 1.29 is 24.1 Å². The van der Waals surface area contributed by atoms with E-state index >= 15 is 0 Å². The lowest BCUT2D eigenvalue weighted by molar-refractivity contribution is 0.0325. The van der Waals surface area contributed by atoms with Gasteiger partial charge in [0, 0.05) is 37.9 Å². The van der Waals surface area contributed by atoms with Crippen LogP contribution in [0.15, 0.2) is 48.7 Å². The second kappa shape index (κ2) is 12.5. The lowest BCUT2D eigenvalue weighted by Crippen LogP contribution is -2.35. The van der Waals surface area contributed by atoms with Crippen LogP contribution in [0.3, 0.4) is 0 Å². The Morgan fingerprint density at radius 3 is 2.48 bits per heavy atom. The molecule has 0 saturated carbocycles. The zero-order chi connectivity index (χ0) is 31.0. The Bertz CT molecular complexity index is 1700. The maximum Gasteiger partial charge on any atom is 0.342 e. The number of ether oxygens (including phenoxy) is 3. The smallest absolute Gasteiger partial charge is 0.342 e. The van der Waals surface area contributed by atoms with Crippen LogP contribution in [0.1, 0.15) is 69.1 Å². The summed E-state index contributed by atoms with van der Waals surface area (Å²) in [6.07, 6.45) is 4.25. The summed E-state index contributed by atoms with van der Waals surface area (Å²) in [5.41, 5.74) is 11.7. The highest BCUT2D eigenvalue weighted by molar-refractivity contribution is 5.90. The third-order valence-electron chi connectivity index (χ3n) is 9.35. The predicted molar refractivity (Wildman–Crippen MR) is 170 cm³/mol. The molecule has 3 aromatic carbocycles. The Morgan fingerprint density at radius 1 is 1.02 bits per heavy atom. The number of para-hydroxylation sites is 1. The fourth-order valence-electron chi connectivity index (χ4n) is 6.92. The summed E-state index contributed by atoms with van der Waals surface area (Å²) < 4.78 is 19.4. The lowest BCUT2D eigenvalue weighted by atomic mass is 9.94. The van der Waals surface area contributed by atoms with Crippen LogP contribution in [0.25, 0.3) is 16.8 Å². The maximum atomic E-state index is 11.8. The van der Waals surface area contributed by atoms with E-state index in [1.54, 1.807) is 4.68 Å². The van der Waals surface area contributed by atoms with Gasteiger partial charge in [-0.1, -0.05) is 43.3 Å². The second-order valence-electron chi connectivity index (χ2n) is 11.9. The average Bonchev–Trinajstić information content (AvgIpc) is 3.68. The van der Waals surface area contributed by atoms with Crippen molar-refractivity contribution in [3.63, 3.8) is 0 Å². The summed E-state index contributed by atoms with van der Waals surface area (Å²) in [7, 11) is 1.47. The minimum atomic E-state index is -1.08. The topological polar surface area (TPSA) is 86.1 Å². The van der Waals surface area contributed by atoms with E-state index in [2.05, 4.69) is 68.0 Å². The van der Waals surface area contributed by atoms with Gasteiger partial charge in [-0.25, -0.2) is 9.48 Å². The number of nitrogens with zero attached hydrogens (tertiary/aromatic N) is 3. The molecule has 0 aliphatic carbocycles. The standard InChI is InChI=1S/C36H41N3O5/c1-6-27-28(10-8-12-33(27)39-35(42-5)30(18-37-39)36(40)41)29-11-7-9-22(2)34(29)44-21-25-17-23(3)31-19-38(20-32(31)24(25)4)26-13-15-43-16-14-26/h7-12,17-18,26H,6,13-16,19-21H2,1-5H3,(H,40,41). The van der Waals surface area contributed by atoms with E-state index in [1.165, 1.54) is 41.1 Å². The number of methoxy groups -OCH3 is 1. The first-order valence-corrected chi connectivity index (χ1v) is 15.4. The molecule has 0 atom stereocenters. The van der Waals surface area contributed by atoms with Crippen LogP contribution in [0, 0.1) is 20.8 Å². The third-order valence-corrected chi connectivity index (χ3v) is 9.35. The van der Waals surface area contributed by atoms with Crippen molar-refractivity contribution in [1.29, 1.82) is 0 Å². The first-order valence-electron chi connectivity index (χ1n) is 15.4. The molecule has 1 saturated heterocycles. The van der Waals surface area contributed by atoms with Gasteiger partial charge in [0.2, 0.25) is 5.88 Å². The number of carboxylic acids is 1. The van der Waals surface area contributed by atoms with E-state index in [4.69, 9.17) is 14.2 Å². The minimum absolute atomic E-state index is 0.0235. The summed E-state index contributed by atoms with van der Waals surface area (Å²) >= 11 is 0. The molecule has 4 aromatic rings. The summed E-state index contributed by atoms with van der Waals surface area (Å²) in [5.74, 6) is -0.0349. The van der Waals surface area contributed by atoms with E-state index in [-0.39, 0.29) is 11.4 Å². The van der Waals surface area contributed by atoms with Gasteiger partial charge in [0.25, 0.3) is 0 Å². The van der Waals surface area contributed by atoms with Gasteiger partial charge in [0.05, 0.1) is 19.0 Å². The quantitative estimate of drug-likeness (QED) is 0.228. The zero-order valence-electron chi connectivity index (χ0n) is 26.3. The van der Waals surface area contributed by atoms with E-state index < -0.39 is 5.97 Å². The molecular weight excluding hydrogens is 554 g/mol. The summed E-state index contributed by atoms with van der Waals surface area (Å²) in [6, 6.07) is 15.1. The molecule has 2 aliphatic rings. The Balaban J connectivity index is 1.32. The number of hydrogen-bond acceptors (Lipinski definition) is 6. The van der Waals surface area contributed by atoms with Crippen molar-refractivity contribution >= 4 is 5.97 Å². The zero-order valence-corrected chi connectivity index (χ0v) is 26.3. The van der Waals surface area contributed by atoms with Gasteiger partial charge in [0.1, 0.15) is 17.9 Å². The minimum Gasteiger partial charge on any atom is -0.488 e. The molecule has 8 heteroatoms. The molecule has 0 bridgehead atoms. The van der Waals surface area contributed by atoms with Crippen molar-refractivity contribution in [2.45, 2.75) is 72.7 Å². The predicted octanol–water partition coefficient (Wildman–Crippen LogP) is 6.81. The van der Waals surface area contributed by atoms with Gasteiger partial charge in [-0.3, -0.25) is 4.90 Å². The van der Waals surface area contributed by atoms with Crippen molar-refractivity contribution in [3.05, 3.63) is 93.2 Å². The molecule has 0 spiro atoms. The molecule has 1 fully saturated rings. The summed E-state index contributed by atoms with van der Waals surface area (Å²) in [6.45, 7) is 12.8. The van der Waals surface area contributed by atoms with Crippen molar-refractivity contribution in [2.24, 2.45) is 0 Å². The molecule has 1 N–H and O–H groups in total. The first-order chi connectivity index (χ1) is 21.3. The number of aromatic nitrogens is 2. The molecule has 8 nitrogen and oxygen atoms in total. The number of fused-ring (bicyclic) bond motifs is 1. The first kappa shape index (κ1) is 29.9. The number of benzene rings is 3. The number of aromatic carboxylic acids is 1. The third kappa shape index (κ3) is 5.37. The molecule has 1 aromatic heterocycles. The SMILES string of the molecule is CCc1c(-c2cccc(C)c2OCc2cc(C)c3c(c2C)CN(C2CCOCC2)C3)cccc1-n1ncc(C(=O)O)c1OC. The van der Waals surface area contributed by atoms with Crippen LogP contribution < -0.4 is 9.47 Å². The Morgan fingerprint density at radius 2 is 1.75 bits per heavy atom. The van der Waals surface area contributed by atoms with Crippen molar-refractivity contribution in [2.75, 3.05) is 20.3 Å². The lowest BCUT2D eigenvalue weighted by Gasteiger charge is -2.30. The molecular formula is C36H41N3O5. The van der Waals surface area contributed by atoms with Crippen molar-refractivity contribution in [3.8, 4) is 28.4 Å². The van der Waals surface area contributed by atoms with Gasteiger partial charge in [-0.2, -0.15) is 5.10 Å². The number of carbonyl (C=O) groups is 1. The van der Waals surface area contributed by atoms with Gasteiger partial charge in [-0.15, -0.1) is 0 Å². The molecule has 44 heavy (non-hydrogen) atoms. The number of aryl methyl sites for hydroxylation is 2. The molecule has 6 rings (SSSR count). The normalized spacial score (nSPS) is 15.4. The van der Waals surface area contributed by atoms with Crippen LogP contribution in [0.4, 0.5) is 0 Å². The highest BCUT2D eigenvalue weighted by Gasteiger charge is 2.30. The van der Waals surface area contributed by atoms with Crippen LogP contribution in [0.5, 0.6) is 11.6 Å².